The molecule has 0 saturated carbocycles. The predicted octanol–water partition coefficient (Wildman–Crippen LogP) is 0.162. The lowest BCUT2D eigenvalue weighted by Crippen LogP contribution is -2.20. The van der Waals surface area contributed by atoms with E-state index in [1.807, 2.05) is 0 Å². The van der Waals surface area contributed by atoms with E-state index in [1.54, 1.807) is 13.0 Å². The van der Waals surface area contributed by atoms with Gasteiger partial charge < -0.3 is 20.6 Å². The number of amides is 1. The van der Waals surface area contributed by atoms with E-state index >= 15 is 0 Å². The van der Waals surface area contributed by atoms with Gasteiger partial charge in [0, 0.05) is 6.92 Å². The highest BCUT2D eigenvalue weighted by molar-refractivity contribution is 5.75. The number of carbonyl (C=O) groups is 1. The summed E-state index contributed by atoms with van der Waals surface area (Å²) < 4.78 is 4.84. The minimum Gasteiger partial charge on any atom is -0.476 e. The van der Waals surface area contributed by atoms with Crippen molar-refractivity contribution in [1.82, 2.24) is 4.98 Å². The van der Waals surface area contributed by atoms with Crippen molar-refractivity contribution < 1.29 is 14.5 Å². The molecular formula is C8H9N3O4. The molecule has 0 saturated heterocycles. The van der Waals surface area contributed by atoms with Gasteiger partial charge in [0.25, 0.3) is 5.91 Å². The van der Waals surface area contributed by atoms with Crippen LogP contribution in [0.2, 0.25) is 0 Å². The van der Waals surface area contributed by atoms with Crippen LogP contribution in [0.25, 0.3) is 0 Å². The molecule has 15 heavy (non-hydrogen) atoms. The lowest BCUT2D eigenvalue weighted by Gasteiger charge is -2.03. The first kappa shape index (κ1) is 10.9. The molecule has 80 valence electrons. The van der Waals surface area contributed by atoms with Crippen LogP contribution in [0.15, 0.2) is 12.1 Å². The third-order valence-corrected chi connectivity index (χ3v) is 1.52. The zero-order chi connectivity index (χ0) is 11.4. The molecule has 1 aromatic heterocycles. The highest BCUT2D eigenvalue weighted by atomic mass is 16.6. The zero-order valence-corrected chi connectivity index (χ0v) is 7.97. The summed E-state index contributed by atoms with van der Waals surface area (Å²) in [4.78, 5) is 24.0. The summed E-state index contributed by atoms with van der Waals surface area (Å²) in [6.07, 6.45) is 0. The second-order valence-electron chi connectivity index (χ2n) is 2.79. The lowest BCUT2D eigenvalue weighted by atomic mass is 10.3. The Labute approximate surface area is 85.0 Å². The number of nitrogens with two attached hydrogens (primary N) is 1. The summed E-state index contributed by atoms with van der Waals surface area (Å²) >= 11 is 0. The van der Waals surface area contributed by atoms with E-state index in [1.165, 1.54) is 6.07 Å². The van der Waals surface area contributed by atoms with Gasteiger partial charge >= 0.3 is 5.82 Å². The molecule has 0 aliphatic rings. The molecule has 0 fully saturated rings. The molecule has 0 bridgehead atoms. The Bertz CT molecular complexity index is 405. The Morgan fingerprint density at radius 2 is 2.33 bits per heavy atom. The summed E-state index contributed by atoms with van der Waals surface area (Å²) in [6.45, 7) is 1.20. The highest BCUT2D eigenvalue weighted by Gasteiger charge is 2.17. The Hall–Kier alpha value is -2.18. The topological polar surface area (TPSA) is 108 Å². The smallest absolute Gasteiger partial charge is 0.406 e. The van der Waals surface area contributed by atoms with Gasteiger partial charge in [0.1, 0.15) is 5.69 Å². The molecule has 7 heteroatoms. The van der Waals surface area contributed by atoms with Crippen LogP contribution in [0, 0.1) is 17.0 Å². The number of nitro groups is 1. The van der Waals surface area contributed by atoms with Gasteiger partial charge in [-0.15, -0.1) is 0 Å². The van der Waals surface area contributed by atoms with Crippen molar-refractivity contribution in [1.29, 1.82) is 0 Å². The second-order valence-corrected chi connectivity index (χ2v) is 2.79. The Balaban J connectivity index is 2.95. The molecule has 1 rings (SSSR count). The van der Waals surface area contributed by atoms with Crippen LogP contribution in [0.3, 0.4) is 0 Å². The van der Waals surface area contributed by atoms with Gasteiger partial charge in [0.2, 0.25) is 5.75 Å². The van der Waals surface area contributed by atoms with Gasteiger partial charge in [0.05, 0.1) is 0 Å². The van der Waals surface area contributed by atoms with Crippen LogP contribution in [0.1, 0.15) is 5.69 Å². The minimum absolute atomic E-state index is 0.0654. The number of ether oxygens (including phenoxy) is 1. The van der Waals surface area contributed by atoms with E-state index in [0.717, 1.165) is 0 Å². The van der Waals surface area contributed by atoms with Crippen molar-refractivity contribution >= 4 is 11.7 Å². The summed E-state index contributed by atoms with van der Waals surface area (Å²) in [5, 5.41) is 10.6. The van der Waals surface area contributed by atoms with Gasteiger partial charge in [-0.2, -0.15) is 0 Å². The molecule has 0 aliphatic heterocycles. The minimum atomic E-state index is -0.704. The van der Waals surface area contributed by atoms with E-state index < -0.39 is 23.3 Å². The molecule has 2 N–H and O–H groups in total. The monoisotopic (exact) mass is 211 g/mol. The molecule has 7 nitrogen and oxygen atoms in total. The van der Waals surface area contributed by atoms with Crippen LogP contribution >= 0.6 is 0 Å². The molecular weight excluding hydrogens is 202 g/mol. The summed E-state index contributed by atoms with van der Waals surface area (Å²) in [5.74, 6) is -1.19. The van der Waals surface area contributed by atoms with E-state index in [4.69, 9.17) is 10.5 Å². The maximum Gasteiger partial charge on any atom is 0.406 e. The maximum atomic E-state index is 10.6. The number of rotatable bonds is 4. The Morgan fingerprint density at radius 1 is 1.67 bits per heavy atom. The zero-order valence-electron chi connectivity index (χ0n) is 7.97. The molecule has 0 radical (unpaired) electrons. The van der Waals surface area contributed by atoms with Crippen LogP contribution in [-0.2, 0) is 4.79 Å². The van der Waals surface area contributed by atoms with Crippen molar-refractivity contribution in [2.75, 3.05) is 6.61 Å². The van der Waals surface area contributed by atoms with E-state index in [9.17, 15) is 14.9 Å². The number of nitrogens with zero attached hydrogens (tertiary/aromatic N) is 2. The fraction of sp³-hybridized carbons (Fsp3) is 0.250. The number of hydrogen-bond acceptors (Lipinski definition) is 5. The van der Waals surface area contributed by atoms with Crippen molar-refractivity contribution in [3.05, 3.63) is 27.9 Å². The number of pyridine rings is 1. The van der Waals surface area contributed by atoms with E-state index in [2.05, 4.69) is 4.98 Å². The average Bonchev–Trinajstić information content (AvgIpc) is 2.15. The summed E-state index contributed by atoms with van der Waals surface area (Å²) in [7, 11) is 0. The summed E-state index contributed by atoms with van der Waals surface area (Å²) in [5.41, 5.74) is 5.34. The van der Waals surface area contributed by atoms with Crippen LogP contribution in [0.5, 0.6) is 5.75 Å². The number of carbonyl (C=O) groups excluding carboxylic acids is 1. The Morgan fingerprint density at radius 3 is 2.87 bits per heavy atom. The first-order valence-corrected chi connectivity index (χ1v) is 4.04. The van der Waals surface area contributed by atoms with Crippen molar-refractivity contribution in [2.45, 2.75) is 6.92 Å². The molecule has 0 aromatic carbocycles. The fourth-order valence-corrected chi connectivity index (χ4v) is 0.923. The largest absolute Gasteiger partial charge is 0.476 e. The standard InChI is InChI=1S/C8H9N3O4/c1-5-2-3-6(15-4-7(9)12)8(10-5)11(13)14/h2-3H,4H2,1H3,(H2,9,12). The van der Waals surface area contributed by atoms with Gasteiger partial charge in [-0.25, -0.2) is 0 Å². The first-order chi connectivity index (χ1) is 7.00. The second kappa shape index (κ2) is 4.36. The first-order valence-electron chi connectivity index (χ1n) is 4.04. The van der Waals surface area contributed by atoms with Crippen LogP contribution in [-0.4, -0.2) is 22.4 Å². The van der Waals surface area contributed by atoms with Gasteiger partial charge in [0.15, 0.2) is 6.61 Å². The van der Waals surface area contributed by atoms with Gasteiger partial charge in [-0.05, 0) is 22.0 Å². The van der Waals surface area contributed by atoms with Crippen molar-refractivity contribution in [3.8, 4) is 5.75 Å². The number of hydrogen-bond donors (Lipinski definition) is 1. The average molecular weight is 211 g/mol. The predicted molar refractivity (Wildman–Crippen MR) is 50.3 cm³/mol. The van der Waals surface area contributed by atoms with Crippen LogP contribution in [0.4, 0.5) is 5.82 Å². The van der Waals surface area contributed by atoms with E-state index in [-0.39, 0.29) is 5.75 Å². The Kier molecular flexibility index (Phi) is 3.17. The molecule has 1 heterocycles. The number of primary amides is 1. The lowest BCUT2D eigenvalue weighted by molar-refractivity contribution is -0.390. The van der Waals surface area contributed by atoms with Gasteiger partial charge in [-0.1, -0.05) is 0 Å². The third kappa shape index (κ3) is 2.90. The van der Waals surface area contributed by atoms with E-state index in [0.29, 0.717) is 5.69 Å². The maximum absolute atomic E-state index is 10.6. The molecule has 1 aromatic rings. The van der Waals surface area contributed by atoms with Crippen molar-refractivity contribution in [3.63, 3.8) is 0 Å². The fourth-order valence-electron chi connectivity index (χ4n) is 0.923. The number of aryl methyl sites for hydroxylation is 1. The quantitative estimate of drug-likeness (QED) is 0.563. The summed E-state index contributed by atoms with van der Waals surface area (Å²) in [6, 6.07) is 2.92. The molecule has 1 amide bonds. The molecule has 0 spiro atoms. The highest BCUT2D eigenvalue weighted by Crippen LogP contribution is 2.23. The SMILES string of the molecule is Cc1ccc(OCC(N)=O)c([N+](=O)[O-])n1. The number of aromatic nitrogens is 1. The molecule has 0 unspecified atom stereocenters. The van der Waals surface area contributed by atoms with Gasteiger partial charge in [-0.3, -0.25) is 4.79 Å². The third-order valence-electron chi connectivity index (χ3n) is 1.52. The molecule has 0 atom stereocenters. The normalized spacial score (nSPS) is 9.67. The molecule has 0 aliphatic carbocycles. The van der Waals surface area contributed by atoms with Crippen molar-refractivity contribution in [2.24, 2.45) is 5.73 Å². The van der Waals surface area contributed by atoms with Crippen LogP contribution < -0.4 is 10.5 Å².